The molecule has 0 amide bonds. The normalized spacial score (nSPS) is 38.8. The Labute approximate surface area is 228 Å². The van der Waals surface area contributed by atoms with Crippen molar-refractivity contribution in [2.45, 2.75) is 85.4 Å². The van der Waals surface area contributed by atoms with Crippen LogP contribution < -0.4 is 0 Å². The summed E-state index contributed by atoms with van der Waals surface area (Å²) < 4.78 is 12.7. The number of hydrogen-bond donors (Lipinski definition) is 1. The predicted octanol–water partition coefficient (Wildman–Crippen LogP) is 6.14. The number of fused-ring (bicyclic) bond motifs is 2. The van der Waals surface area contributed by atoms with Crippen molar-refractivity contribution < 1.29 is 24.2 Å². The number of carbonyl (C=O) groups is 2. The zero-order chi connectivity index (χ0) is 27.1. The van der Waals surface area contributed by atoms with Gasteiger partial charge >= 0.3 is 5.97 Å². The minimum absolute atomic E-state index is 0.0283. The third-order valence-electron chi connectivity index (χ3n) is 10.9. The van der Waals surface area contributed by atoms with Crippen LogP contribution in [0.3, 0.4) is 0 Å². The molecule has 5 heteroatoms. The number of benzene rings is 1. The molecule has 1 N–H and O–H groups in total. The van der Waals surface area contributed by atoms with Gasteiger partial charge in [-0.3, -0.25) is 4.79 Å². The van der Waals surface area contributed by atoms with Crippen LogP contribution in [0.25, 0.3) is 0 Å². The zero-order valence-electron chi connectivity index (χ0n) is 23.7. The Morgan fingerprint density at radius 1 is 1.16 bits per heavy atom. The third kappa shape index (κ3) is 3.78. The number of rotatable bonds is 12. The minimum Gasteiger partial charge on any atom is -0.460 e. The van der Waals surface area contributed by atoms with Gasteiger partial charge < -0.3 is 19.4 Å². The summed E-state index contributed by atoms with van der Waals surface area (Å²) >= 11 is 0. The zero-order valence-corrected chi connectivity index (χ0v) is 23.7. The van der Waals surface area contributed by atoms with Gasteiger partial charge in [-0.1, -0.05) is 88.9 Å². The molecule has 0 aromatic heterocycles. The maximum Gasteiger partial charge on any atom is 0.318 e. The number of aliphatic hydroxyl groups is 1. The molecule has 0 saturated heterocycles. The van der Waals surface area contributed by atoms with E-state index in [0.29, 0.717) is 26.1 Å². The van der Waals surface area contributed by atoms with E-state index in [1.54, 1.807) is 0 Å². The average molecular weight is 523 g/mol. The molecule has 8 atom stereocenters. The van der Waals surface area contributed by atoms with Gasteiger partial charge in [-0.15, -0.1) is 0 Å². The molecule has 4 bridgehead atoms. The third-order valence-corrected chi connectivity index (χ3v) is 10.9. The number of aldehydes is 1. The molecule has 3 fully saturated rings. The second-order valence-corrected chi connectivity index (χ2v) is 13.0. The molecule has 4 aliphatic carbocycles. The molecule has 5 nitrogen and oxygen atoms in total. The van der Waals surface area contributed by atoms with Gasteiger partial charge in [0, 0.05) is 12.0 Å². The molecular weight excluding hydrogens is 476 g/mol. The van der Waals surface area contributed by atoms with E-state index in [0.717, 1.165) is 36.7 Å². The van der Waals surface area contributed by atoms with E-state index in [1.807, 2.05) is 30.3 Å². The summed E-state index contributed by atoms with van der Waals surface area (Å²) in [6.07, 6.45) is 9.51. The molecule has 38 heavy (non-hydrogen) atoms. The lowest BCUT2D eigenvalue weighted by Crippen LogP contribution is -2.64. The summed E-state index contributed by atoms with van der Waals surface area (Å²) in [6, 6.07) is 9.78. The minimum atomic E-state index is -1.05. The lowest BCUT2D eigenvalue weighted by molar-refractivity contribution is -0.193. The van der Waals surface area contributed by atoms with Gasteiger partial charge in [0.2, 0.25) is 0 Å². The van der Waals surface area contributed by atoms with Gasteiger partial charge in [0.1, 0.15) is 18.3 Å². The van der Waals surface area contributed by atoms with Gasteiger partial charge in [-0.05, 0) is 60.8 Å². The average Bonchev–Trinajstić information content (AvgIpc) is 3.43. The highest BCUT2D eigenvalue weighted by Gasteiger charge is 2.85. The molecule has 0 spiro atoms. The first kappa shape index (κ1) is 27.6. The quantitative estimate of drug-likeness (QED) is 0.155. The summed E-state index contributed by atoms with van der Waals surface area (Å²) in [4.78, 5) is 28.2. The van der Waals surface area contributed by atoms with Crippen LogP contribution in [0.15, 0.2) is 42.0 Å². The second-order valence-electron chi connectivity index (χ2n) is 13.0. The number of esters is 1. The molecular formula is C33H46O5. The van der Waals surface area contributed by atoms with Crippen molar-refractivity contribution in [2.24, 2.45) is 45.8 Å². The van der Waals surface area contributed by atoms with E-state index in [2.05, 4.69) is 33.8 Å². The molecule has 0 heterocycles. The first-order valence-corrected chi connectivity index (χ1v) is 14.9. The highest BCUT2D eigenvalue weighted by molar-refractivity contribution is 5.91. The van der Waals surface area contributed by atoms with Crippen molar-refractivity contribution in [2.75, 3.05) is 13.2 Å². The smallest absolute Gasteiger partial charge is 0.318 e. The number of ether oxygens (including phenoxy) is 2. The Morgan fingerprint density at radius 3 is 2.61 bits per heavy atom. The summed E-state index contributed by atoms with van der Waals surface area (Å²) in [5, 5.41) is 11.0. The molecule has 5 rings (SSSR count). The number of hydrogen-bond acceptors (Lipinski definition) is 5. The van der Waals surface area contributed by atoms with Crippen LogP contribution in [0.2, 0.25) is 0 Å². The number of allylic oxidation sites excluding steroid dienone is 1. The van der Waals surface area contributed by atoms with E-state index in [9.17, 15) is 14.7 Å². The fourth-order valence-corrected chi connectivity index (χ4v) is 9.30. The summed E-state index contributed by atoms with van der Waals surface area (Å²) in [6.45, 7) is 9.91. The van der Waals surface area contributed by atoms with Crippen LogP contribution in [0, 0.1) is 45.8 Å². The van der Waals surface area contributed by atoms with E-state index < -0.39 is 22.3 Å². The maximum atomic E-state index is 14.7. The predicted molar refractivity (Wildman–Crippen MR) is 147 cm³/mol. The Bertz CT molecular complexity index is 1050. The maximum absolute atomic E-state index is 14.7. The molecule has 0 unspecified atom stereocenters. The largest absolute Gasteiger partial charge is 0.460 e. The number of carbonyl (C=O) groups excluding carboxylic acids is 2. The fraction of sp³-hybridized carbons (Fsp3) is 0.697. The van der Waals surface area contributed by atoms with E-state index in [-0.39, 0.29) is 42.2 Å². The first-order valence-electron chi connectivity index (χ1n) is 14.9. The van der Waals surface area contributed by atoms with Crippen molar-refractivity contribution in [3.05, 3.63) is 47.5 Å². The van der Waals surface area contributed by atoms with Crippen LogP contribution in [0.5, 0.6) is 0 Å². The van der Waals surface area contributed by atoms with Gasteiger partial charge in [0.25, 0.3) is 0 Å². The standard InChI is InChI=1S/C33H46O5/c1-5-6-7-11-14-37-21-32-18-26-23(4)29(35)16-28(26)31(20-34)17-25(32)15-27(22(2)3)33(31,32)30(36)38-19-24-12-9-8-10-13-24/h8-10,12-13,15,20,22-23,25-26,28-29,35H,5-7,11,14,16-19,21H2,1-4H3/t23-,25-,26+,28+,29-,31-,32-,33-/m0/s1. The fourth-order valence-electron chi connectivity index (χ4n) is 9.30. The summed E-state index contributed by atoms with van der Waals surface area (Å²) in [7, 11) is 0. The van der Waals surface area contributed by atoms with Crippen molar-refractivity contribution in [3.63, 3.8) is 0 Å². The molecule has 4 aliphatic rings. The van der Waals surface area contributed by atoms with Gasteiger partial charge in [0.05, 0.1) is 18.1 Å². The Kier molecular flexibility index (Phi) is 7.65. The van der Waals surface area contributed by atoms with Crippen molar-refractivity contribution in [3.8, 4) is 0 Å². The number of aliphatic hydroxyl groups excluding tert-OH is 1. The van der Waals surface area contributed by atoms with Crippen LogP contribution in [-0.2, 0) is 25.7 Å². The Hall–Kier alpha value is -1.98. The second kappa shape index (κ2) is 10.5. The van der Waals surface area contributed by atoms with Crippen LogP contribution in [0.1, 0.15) is 78.2 Å². The highest BCUT2D eigenvalue weighted by Crippen LogP contribution is 2.82. The molecule has 0 aliphatic heterocycles. The molecule has 1 aromatic rings. The summed E-state index contributed by atoms with van der Waals surface area (Å²) in [5.41, 5.74) is -0.454. The van der Waals surface area contributed by atoms with Crippen molar-refractivity contribution >= 4 is 12.3 Å². The van der Waals surface area contributed by atoms with Crippen LogP contribution >= 0.6 is 0 Å². The molecule has 3 saturated carbocycles. The molecule has 0 radical (unpaired) electrons. The van der Waals surface area contributed by atoms with Gasteiger partial charge in [-0.2, -0.15) is 0 Å². The van der Waals surface area contributed by atoms with E-state index in [1.165, 1.54) is 12.8 Å². The molecule has 208 valence electrons. The van der Waals surface area contributed by atoms with Gasteiger partial charge in [-0.25, -0.2) is 0 Å². The topological polar surface area (TPSA) is 72.8 Å². The van der Waals surface area contributed by atoms with Crippen molar-refractivity contribution in [1.82, 2.24) is 0 Å². The Balaban J connectivity index is 1.57. The van der Waals surface area contributed by atoms with E-state index >= 15 is 0 Å². The molecule has 1 aromatic carbocycles. The lowest BCUT2D eigenvalue weighted by Gasteiger charge is -2.58. The van der Waals surface area contributed by atoms with Gasteiger partial charge in [0.15, 0.2) is 0 Å². The van der Waals surface area contributed by atoms with Crippen LogP contribution in [0.4, 0.5) is 0 Å². The van der Waals surface area contributed by atoms with E-state index in [4.69, 9.17) is 9.47 Å². The first-order chi connectivity index (χ1) is 18.3. The lowest BCUT2D eigenvalue weighted by atomic mass is 9.43. The van der Waals surface area contributed by atoms with Crippen molar-refractivity contribution in [1.29, 1.82) is 0 Å². The highest BCUT2D eigenvalue weighted by atomic mass is 16.5. The SMILES string of the molecule is CCCCCCOC[C@@]12C[C@@H]3[C@H](C)[C@@H](O)C[C@H]3[C@@]3(C=O)C[C@@H]1C=C(C(C)C)[C@@]23C(=O)OCc1ccccc1. The van der Waals surface area contributed by atoms with Crippen LogP contribution in [-0.4, -0.2) is 36.7 Å². The number of unbranched alkanes of at least 4 members (excludes halogenated alkanes) is 3. The Morgan fingerprint density at radius 2 is 1.92 bits per heavy atom. The monoisotopic (exact) mass is 522 g/mol. The summed E-state index contributed by atoms with van der Waals surface area (Å²) in [5.74, 6) is 0.197.